The van der Waals surface area contributed by atoms with Gasteiger partial charge in [-0.25, -0.2) is 0 Å². The summed E-state index contributed by atoms with van der Waals surface area (Å²) in [5, 5.41) is 9.60. The number of aliphatic hydroxyl groups excluding tert-OH is 1. The molecule has 17 heavy (non-hydrogen) atoms. The first kappa shape index (κ1) is 12.3. The van der Waals surface area contributed by atoms with Crippen LogP contribution in [0, 0.1) is 0 Å². The van der Waals surface area contributed by atoms with Gasteiger partial charge in [-0.15, -0.1) is 0 Å². The molecule has 2 aliphatic rings. The molecule has 2 amide bonds. The zero-order chi connectivity index (χ0) is 12.4. The van der Waals surface area contributed by atoms with Crippen molar-refractivity contribution in [1.29, 1.82) is 0 Å². The molecule has 96 valence electrons. The fraction of sp³-hybridized carbons (Fsp3) is 0.818. The molecule has 6 nitrogen and oxygen atoms in total. The molecule has 2 unspecified atom stereocenters. The van der Waals surface area contributed by atoms with Crippen molar-refractivity contribution in [2.24, 2.45) is 0 Å². The Hall–Kier alpha value is -1.14. The van der Waals surface area contributed by atoms with Gasteiger partial charge in [0.2, 0.25) is 11.8 Å². The Morgan fingerprint density at radius 1 is 1.53 bits per heavy atom. The number of piperazine rings is 1. The zero-order valence-corrected chi connectivity index (χ0v) is 9.96. The van der Waals surface area contributed by atoms with E-state index in [1.54, 1.807) is 4.90 Å². The van der Waals surface area contributed by atoms with Gasteiger partial charge in [0.25, 0.3) is 0 Å². The molecule has 1 N–H and O–H groups in total. The van der Waals surface area contributed by atoms with Crippen molar-refractivity contribution in [2.45, 2.75) is 25.0 Å². The van der Waals surface area contributed by atoms with Crippen LogP contribution in [-0.4, -0.2) is 72.2 Å². The van der Waals surface area contributed by atoms with E-state index in [1.807, 2.05) is 0 Å². The Labute approximate surface area is 100 Å². The summed E-state index contributed by atoms with van der Waals surface area (Å²) < 4.78 is 4.81. The molecule has 0 bridgehead atoms. The molecule has 0 aliphatic carbocycles. The summed E-state index contributed by atoms with van der Waals surface area (Å²) in [6.07, 6.45) is 0.891. The SMILES string of the molecule is COCC(O)CN1CC(=O)N2CCCC2C1=O. The van der Waals surface area contributed by atoms with E-state index < -0.39 is 6.10 Å². The number of rotatable bonds is 4. The summed E-state index contributed by atoms with van der Waals surface area (Å²) in [4.78, 5) is 27.0. The first-order chi connectivity index (χ1) is 8.13. The summed E-state index contributed by atoms with van der Waals surface area (Å²) in [6.45, 7) is 1.11. The molecule has 2 saturated heterocycles. The van der Waals surface area contributed by atoms with E-state index in [9.17, 15) is 14.7 Å². The van der Waals surface area contributed by atoms with Crippen molar-refractivity contribution in [3.05, 3.63) is 0 Å². The first-order valence-corrected chi connectivity index (χ1v) is 5.88. The highest BCUT2D eigenvalue weighted by atomic mass is 16.5. The maximum absolute atomic E-state index is 12.1. The van der Waals surface area contributed by atoms with Crippen molar-refractivity contribution in [3.8, 4) is 0 Å². The van der Waals surface area contributed by atoms with Gasteiger partial charge < -0.3 is 19.6 Å². The standard InChI is InChI=1S/C11H18N2O4/c1-17-7-8(14)5-12-6-10(15)13-4-2-3-9(13)11(12)16/h8-9,14H,2-7H2,1H3. The summed E-state index contributed by atoms with van der Waals surface area (Å²) in [7, 11) is 1.49. The number of methoxy groups -OCH3 is 1. The fourth-order valence-corrected chi connectivity index (χ4v) is 2.52. The Kier molecular flexibility index (Phi) is 3.63. The van der Waals surface area contributed by atoms with E-state index >= 15 is 0 Å². The van der Waals surface area contributed by atoms with Crippen LogP contribution in [0.3, 0.4) is 0 Å². The second-order valence-corrected chi connectivity index (χ2v) is 4.57. The van der Waals surface area contributed by atoms with Crippen molar-refractivity contribution < 1.29 is 19.4 Å². The number of nitrogens with zero attached hydrogens (tertiary/aromatic N) is 2. The van der Waals surface area contributed by atoms with Crippen molar-refractivity contribution in [1.82, 2.24) is 9.80 Å². The molecule has 0 saturated carbocycles. The third kappa shape index (κ3) is 2.42. The van der Waals surface area contributed by atoms with E-state index in [0.717, 1.165) is 12.8 Å². The van der Waals surface area contributed by atoms with Crippen LogP contribution >= 0.6 is 0 Å². The Morgan fingerprint density at radius 3 is 3.00 bits per heavy atom. The van der Waals surface area contributed by atoms with Crippen molar-refractivity contribution in [3.63, 3.8) is 0 Å². The second kappa shape index (κ2) is 5.01. The van der Waals surface area contributed by atoms with Gasteiger partial charge in [0.05, 0.1) is 19.3 Å². The molecule has 2 aliphatic heterocycles. The lowest BCUT2D eigenvalue weighted by atomic mass is 10.1. The van der Waals surface area contributed by atoms with Gasteiger partial charge in [-0.05, 0) is 12.8 Å². The third-order valence-electron chi connectivity index (χ3n) is 3.29. The normalized spacial score (nSPS) is 26.4. The maximum Gasteiger partial charge on any atom is 0.245 e. The van der Waals surface area contributed by atoms with Crippen LogP contribution in [0.2, 0.25) is 0 Å². The fourth-order valence-electron chi connectivity index (χ4n) is 2.52. The summed E-state index contributed by atoms with van der Waals surface area (Å²) in [6, 6.07) is -0.300. The van der Waals surface area contributed by atoms with E-state index in [4.69, 9.17) is 4.74 Å². The van der Waals surface area contributed by atoms with Gasteiger partial charge in [0.1, 0.15) is 6.04 Å². The molecule has 2 atom stereocenters. The average Bonchev–Trinajstić information content (AvgIpc) is 2.75. The predicted octanol–water partition coefficient (Wildman–Crippen LogP) is -1.17. The van der Waals surface area contributed by atoms with E-state index in [0.29, 0.717) is 6.54 Å². The average molecular weight is 242 g/mol. The largest absolute Gasteiger partial charge is 0.389 e. The predicted molar refractivity (Wildman–Crippen MR) is 59.2 cm³/mol. The summed E-state index contributed by atoms with van der Waals surface area (Å²) in [5.41, 5.74) is 0. The lowest BCUT2D eigenvalue weighted by Crippen LogP contribution is -2.58. The zero-order valence-electron chi connectivity index (χ0n) is 9.96. The Bertz CT molecular complexity index is 321. The number of carbonyl (C=O) groups is 2. The molecule has 0 spiro atoms. The number of carbonyl (C=O) groups excluding carboxylic acids is 2. The monoisotopic (exact) mass is 242 g/mol. The molecule has 2 heterocycles. The highest BCUT2D eigenvalue weighted by Gasteiger charge is 2.42. The second-order valence-electron chi connectivity index (χ2n) is 4.57. The van der Waals surface area contributed by atoms with E-state index in [-0.39, 0.29) is 37.6 Å². The smallest absolute Gasteiger partial charge is 0.245 e. The summed E-state index contributed by atoms with van der Waals surface area (Å²) >= 11 is 0. The van der Waals surface area contributed by atoms with Crippen LogP contribution in [0.15, 0.2) is 0 Å². The topological polar surface area (TPSA) is 70.1 Å². The van der Waals surface area contributed by atoms with E-state index in [1.165, 1.54) is 12.0 Å². The maximum atomic E-state index is 12.1. The van der Waals surface area contributed by atoms with Crippen LogP contribution in [0.25, 0.3) is 0 Å². The molecule has 2 fully saturated rings. The van der Waals surface area contributed by atoms with Gasteiger partial charge in [-0.3, -0.25) is 9.59 Å². The van der Waals surface area contributed by atoms with Crippen LogP contribution in [0.5, 0.6) is 0 Å². The lowest BCUT2D eigenvalue weighted by molar-refractivity contribution is -0.155. The van der Waals surface area contributed by atoms with Crippen molar-refractivity contribution >= 4 is 11.8 Å². The number of β-amino-alcohol motifs (C(OH)–C–C–N with tert-alkyl or cyclic N) is 1. The Balaban J connectivity index is 1.99. The van der Waals surface area contributed by atoms with Gasteiger partial charge >= 0.3 is 0 Å². The number of hydrogen-bond acceptors (Lipinski definition) is 4. The molecule has 0 aromatic rings. The first-order valence-electron chi connectivity index (χ1n) is 5.88. The number of ether oxygens (including phenoxy) is 1. The minimum absolute atomic E-state index is 0.0169. The minimum atomic E-state index is -0.732. The van der Waals surface area contributed by atoms with Crippen LogP contribution in [0.4, 0.5) is 0 Å². The minimum Gasteiger partial charge on any atom is -0.389 e. The number of hydrogen-bond donors (Lipinski definition) is 1. The van der Waals surface area contributed by atoms with Crippen LogP contribution in [-0.2, 0) is 14.3 Å². The molecule has 0 aromatic carbocycles. The molecule has 0 radical (unpaired) electrons. The van der Waals surface area contributed by atoms with E-state index in [2.05, 4.69) is 0 Å². The van der Waals surface area contributed by atoms with Crippen LogP contribution < -0.4 is 0 Å². The van der Waals surface area contributed by atoms with Crippen molar-refractivity contribution in [2.75, 3.05) is 33.4 Å². The highest BCUT2D eigenvalue weighted by Crippen LogP contribution is 2.23. The molecule has 0 aromatic heterocycles. The third-order valence-corrected chi connectivity index (χ3v) is 3.29. The Morgan fingerprint density at radius 2 is 2.29 bits per heavy atom. The van der Waals surface area contributed by atoms with Gasteiger partial charge in [0.15, 0.2) is 0 Å². The van der Waals surface area contributed by atoms with Gasteiger partial charge in [0, 0.05) is 20.2 Å². The number of fused-ring (bicyclic) bond motifs is 1. The number of amides is 2. The highest BCUT2D eigenvalue weighted by molar-refractivity contribution is 5.95. The van der Waals surface area contributed by atoms with Gasteiger partial charge in [-0.1, -0.05) is 0 Å². The number of aliphatic hydroxyl groups is 1. The molecule has 6 heteroatoms. The molecular formula is C11H18N2O4. The quantitative estimate of drug-likeness (QED) is 0.674. The van der Waals surface area contributed by atoms with Crippen LogP contribution in [0.1, 0.15) is 12.8 Å². The lowest BCUT2D eigenvalue weighted by Gasteiger charge is -2.37. The molecule has 2 rings (SSSR count). The molecular weight excluding hydrogens is 224 g/mol. The van der Waals surface area contributed by atoms with Gasteiger partial charge in [-0.2, -0.15) is 0 Å². The summed E-state index contributed by atoms with van der Waals surface area (Å²) in [5.74, 6) is -0.0611.